The van der Waals surface area contributed by atoms with Crippen LogP contribution in [0.5, 0.6) is 0 Å². The predicted molar refractivity (Wildman–Crippen MR) is 78.1 cm³/mol. The fourth-order valence-corrected chi connectivity index (χ4v) is 2.07. The molecule has 0 fully saturated rings. The van der Waals surface area contributed by atoms with Crippen molar-refractivity contribution in [2.45, 2.75) is 38.6 Å². The number of benzene rings is 1. The van der Waals surface area contributed by atoms with Crippen LogP contribution in [0.2, 0.25) is 0 Å². The highest BCUT2D eigenvalue weighted by atomic mass is 19.1. The first kappa shape index (κ1) is 16.9. The van der Waals surface area contributed by atoms with E-state index in [2.05, 4.69) is 5.32 Å². The fraction of sp³-hybridized carbons (Fsp3) is 0.467. The molecule has 1 aromatic carbocycles. The summed E-state index contributed by atoms with van der Waals surface area (Å²) in [4.78, 5) is 23.8. The minimum absolute atomic E-state index is 0.0308. The maximum absolute atomic E-state index is 13.6. The van der Waals surface area contributed by atoms with E-state index >= 15 is 0 Å². The van der Waals surface area contributed by atoms with Crippen molar-refractivity contribution in [3.63, 3.8) is 0 Å². The molecule has 1 rings (SSSR count). The van der Waals surface area contributed by atoms with Crippen LogP contribution in [-0.2, 0) is 14.3 Å². The zero-order chi connectivity index (χ0) is 16.2. The smallest absolute Gasteiger partial charge is 0.331 e. The van der Waals surface area contributed by atoms with Crippen LogP contribution in [-0.4, -0.2) is 24.5 Å². The second-order valence-electron chi connectivity index (χ2n) is 5.10. The van der Waals surface area contributed by atoms with Crippen molar-refractivity contribution < 1.29 is 18.7 Å². The van der Waals surface area contributed by atoms with Gasteiger partial charge in [-0.1, -0.05) is 19.9 Å². The van der Waals surface area contributed by atoms with Gasteiger partial charge in [0.25, 0.3) is 0 Å². The van der Waals surface area contributed by atoms with E-state index in [9.17, 15) is 14.0 Å². The number of nitrogen functional groups attached to an aromatic ring is 1. The topological polar surface area (TPSA) is 81.4 Å². The number of esters is 1. The van der Waals surface area contributed by atoms with Crippen molar-refractivity contribution in [1.29, 1.82) is 0 Å². The van der Waals surface area contributed by atoms with E-state index < -0.39 is 23.2 Å². The summed E-state index contributed by atoms with van der Waals surface area (Å²) < 4.78 is 18.4. The van der Waals surface area contributed by atoms with Crippen molar-refractivity contribution in [3.8, 4) is 0 Å². The number of anilines is 1. The number of halogens is 1. The van der Waals surface area contributed by atoms with Gasteiger partial charge in [-0.3, -0.25) is 4.79 Å². The third kappa shape index (κ3) is 3.51. The Labute approximate surface area is 123 Å². The number of nitrogens with one attached hydrogen (secondary N) is 1. The molecule has 0 saturated heterocycles. The summed E-state index contributed by atoms with van der Waals surface area (Å²) in [7, 11) is 1.25. The molecule has 5 nitrogen and oxygen atoms in total. The quantitative estimate of drug-likeness (QED) is 0.643. The molecule has 0 heterocycles. The van der Waals surface area contributed by atoms with Crippen LogP contribution in [0, 0.1) is 5.82 Å². The van der Waals surface area contributed by atoms with Gasteiger partial charge < -0.3 is 15.8 Å². The molecule has 0 aliphatic heterocycles. The molecule has 1 aromatic rings. The summed E-state index contributed by atoms with van der Waals surface area (Å²) in [6, 6.07) is 4.32. The summed E-state index contributed by atoms with van der Waals surface area (Å²) in [6.07, 6.45) is 0.232. The van der Waals surface area contributed by atoms with E-state index in [1.807, 2.05) is 0 Å². The highest BCUT2D eigenvalue weighted by molar-refractivity contribution is 5.88. The molecule has 0 spiro atoms. The molecular weight excluding hydrogens is 275 g/mol. The van der Waals surface area contributed by atoms with Crippen LogP contribution in [0.1, 0.15) is 38.7 Å². The monoisotopic (exact) mass is 296 g/mol. The highest BCUT2D eigenvalue weighted by Gasteiger charge is 2.42. The number of methoxy groups -OCH3 is 1. The van der Waals surface area contributed by atoms with E-state index in [0.717, 1.165) is 0 Å². The second-order valence-corrected chi connectivity index (χ2v) is 5.10. The maximum Gasteiger partial charge on any atom is 0.331 e. The van der Waals surface area contributed by atoms with Crippen LogP contribution in [0.3, 0.4) is 0 Å². The third-order valence-corrected chi connectivity index (χ3v) is 3.72. The van der Waals surface area contributed by atoms with Crippen LogP contribution >= 0.6 is 0 Å². The Morgan fingerprint density at radius 3 is 2.57 bits per heavy atom. The molecule has 0 saturated carbocycles. The average Bonchev–Trinajstić information content (AvgIpc) is 2.47. The molecule has 1 unspecified atom stereocenters. The van der Waals surface area contributed by atoms with Crippen LogP contribution in [0.25, 0.3) is 0 Å². The highest BCUT2D eigenvalue weighted by Crippen LogP contribution is 2.30. The van der Waals surface area contributed by atoms with Gasteiger partial charge in [-0.15, -0.1) is 0 Å². The standard InChI is InChI=1S/C15H21FN2O3/c1-5-13(19)18-15(3,14(20)21-4)9(2)10-6-7-12(17)11(16)8-10/h6-9H,5,17H2,1-4H3,(H,18,19)/t9-,15?/m0/s1. The van der Waals surface area contributed by atoms with Gasteiger partial charge in [-0.05, 0) is 24.6 Å². The lowest BCUT2D eigenvalue weighted by Gasteiger charge is -2.34. The van der Waals surface area contributed by atoms with Gasteiger partial charge in [0.05, 0.1) is 12.8 Å². The minimum atomic E-state index is -1.29. The minimum Gasteiger partial charge on any atom is -0.467 e. The lowest BCUT2D eigenvalue weighted by molar-refractivity contribution is -0.151. The molecule has 21 heavy (non-hydrogen) atoms. The van der Waals surface area contributed by atoms with E-state index in [-0.39, 0.29) is 18.0 Å². The molecule has 1 amide bonds. The lowest BCUT2D eigenvalue weighted by Crippen LogP contribution is -2.56. The molecular formula is C15H21FN2O3. The molecule has 116 valence electrons. The van der Waals surface area contributed by atoms with Crippen molar-refractivity contribution in [3.05, 3.63) is 29.6 Å². The molecule has 0 aliphatic carbocycles. The summed E-state index contributed by atoms with van der Waals surface area (Å²) in [5, 5.41) is 2.66. The molecule has 0 aliphatic rings. The van der Waals surface area contributed by atoms with E-state index in [4.69, 9.17) is 10.5 Å². The zero-order valence-corrected chi connectivity index (χ0v) is 12.7. The number of nitrogens with two attached hydrogens (primary N) is 1. The predicted octanol–water partition coefficient (Wildman–Crippen LogP) is 1.97. The summed E-state index contributed by atoms with van der Waals surface area (Å²) in [6.45, 7) is 4.96. The van der Waals surface area contributed by atoms with Gasteiger partial charge in [0, 0.05) is 12.3 Å². The first-order valence-corrected chi connectivity index (χ1v) is 6.70. The van der Waals surface area contributed by atoms with Gasteiger partial charge in [0.15, 0.2) is 0 Å². The number of hydrogen-bond donors (Lipinski definition) is 2. The summed E-state index contributed by atoms with van der Waals surface area (Å²) in [5.41, 5.74) is 4.74. The third-order valence-electron chi connectivity index (χ3n) is 3.72. The summed E-state index contributed by atoms with van der Waals surface area (Å²) >= 11 is 0. The number of carbonyl (C=O) groups is 2. The number of rotatable bonds is 5. The van der Waals surface area contributed by atoms with Gasteiger partial charge >= 0.3 is 5.97 Å². The average molecular weight is 296 g/mol. The fourth-order valence-electron chi connectivity index (χ4n) is 2.07. The number of carbonyl (C=O) groups excluding carboxylic acids is 2. The molecule has 0 bridgehead atoms. The van der Waals surface area contributed by atoms with E-state index in [1.165, 1.54) is 19.2 Å². The second kappa shape index (κ2) is 6.56. The number of hydrogen-bond acceptors (Lipinski definition) is 4. The first-order valence-electron chi connectivity index (χ1n) is 6.70. The molecule has 2 atom stereocenters. The van der Waals surface area contributed by atoms with Crippen molar-refractivity contribution in [2.75, 3.05) is 12.8 Å². The van der Waals surface area contributed by atoms with E-state index in [1.54, 1.807) is 26.8 Å². The maximum atomic E-state index is 13.6. The SMILES string of the molecule is CCC(=O)NC(C)(C(=O)OC)[C@@H](C)c1ccc(N)c(F)c1. The Kier molecular flexibility index (Phi) is 5.29. The van der Waals surface area contributed by atoms with E-state index in [0.29, 0.717) is 5.56 Å². The zero-order valence-electron chi connectivity index (χ0n) is 12.7. The number of amides is 1. The van der Waals surface area contributed by atoms with Crippen molar-refractivity contribution >= 4 is 17.6 Å². The number of ether oxygens (including phenoxy) is 1. The Morgan fingerprint density at radius 1 is 1.48 bits per heavy atom. The molecule has 0 aromatic heterocycles. The normalized spacial score (nSPS) is 14.9. The Balaban J connectivity index is 3.21. The van der Waals surface area contributed by atoms with Crippen LogP contribution in [0.15, 0.2) is 18.2 Å². The Bertz CT molecular complexity index is 548. The van der Waals surface area contributed by atoms with Crippen molar-refractivity contribution in [1.82, 2.24) is 5.32 Å². The van der Waals surface area contributed by atoms with Gasteiger partial charge in [-0.2, -0.15) is 0 Å². The molecule has 6 heteroatoms. The Morgan fingerprint density at radius 2 is 2.10 bits per heavy atom. The van der Waals surface area contributed by atoms with Gasteiger partial charge in [0.2, 0.25) is 5.91 Å². The van der Waals surface area contributed by atoms with Gasteiger partial charge in [-0.25, -0.2) is 9.18 Å². The van der Waals surface area contributed by atoms with Gasteiger partial charge in [0.1, 0.15) is 11.4 Å². The lowest BCUT2D eigenvalue weighted by atomic mass is 9.81. The Hall–Kier alpha value is -2.11. The van der Waals surface area contributed by atoms with Crippen LogP contribution < -0.4 is 11.1 Å². The van der Waals surface area contributed by atoms with Crippen molar-refractivity contribution in [2.24, 2.45) is 0 Å². The first-order chi connectivity index (χ1) is 9.76. The molecule has 3 N–H and O–H groups in total. The summed E-state index contributed by atoms with van der Waals surface area (Å²) in [5.74, 6) is -1.93. The molecule has 0 radical (unpaired) electrons. The van der Waals surface area contributed by atoms with Crippen LogP contribution in [0.4, 0.5) is 10.1 Å². The largest absolute Gasteiger partial charge is 0.467 e.